The fraction of sp³-hybridized carbons (Fsp3) is 0.250. The van der Waals surface area contributed by atoms with Crippen molar-refractivity contribution in [2.75, 3.05) is 26.9 Å². The van der Waals surface area contributed by atoms with E-state index in [1.807, 2.05) is 0 Å². The summed E-state index contributed by atoms with van der Waals surface area (Å²) in [5.41, 5.74) is 5.80. The number of aliphatic hydroxyl groups excluding tert-OH is 1. The second-order valence-electron chi connectivity index (χ2n) is 4.74. The van der Waals surface area contributed by atoms with Gasteiger partial charge >= 0.3 is 0 Å². The summed E-state index contributed by atoms with van der Waals surface area (Å²) in [4.78, 5) is 9.91. The Morgan fingerprint density at radius 3 is 1.41 bits per heavy atom. The van der Waals surface area contributed by atoms with Gasteiger partial charge in [0.2, 0.25) is 20.0 Å². The summed E-state index contributed by atoms with van der Waals surface area (Å²) in [6.45, 7) is 0. The number of rotatable bonds is 5. The van der Waals surface area contributed by atoms with Gasteiger partial charge in [-0.2, -0.15) is 0 Å². The van der Waals surface area contributed by atoms with Crippen molar-refractivity contribution < 1.29 is 26.9 Å². The predicted octanol–water partition coefficient (Wildman–Crippen LogP) is 0.924. The van der Waals surface area contributed by atoms with E-state index in [9.17, 15) is 26.9 Å². The number of hydrogen-bond acceptors (Lipinski definition) is 8. The Bertz CT molecular complexity index is 959. The Morgan fingerprint density at radius 1 is 0.828 bits per heavy atom. The highest BCUT2D eigenvalue weighted by atomic mass is 32.2. The Hall–Kier alpha value is -2.58. The van der Waals surface area contributed by atoms with Crippen LogP contribution < -0.4 is 15.2 Å². The maximum absolute atomic E-state index is 11.2. The van der Waals surface area contributed by atoms with Crippen LogP contribution in [0.25, 0.3) is 0 Å². The maximum Gasteiger partial charge on any atom is 0.269 e. The van der Waals surface area contributed by atoms with Crippen LogP contribution in [0.3, 0.4) is 0 Å². The van der Waals surface area contributed by atoms with Crippen molar-refractivity contribution in [3.05, 3.63) is 58.6 Å². The molecule has 0 aromatic heterocycles. The first-order valence-corrected chi connectivity index (χ1v) is 10.4. The Labute approximate surface area is 170 Å². The molecule has 0 saturated carbocycles. The molecule has 2 aromatic rings. The summed E-state index contributed by atoms with van der Waals surface area (Å²) >= 11 is 0. The normalized spacial score (nSPS) is 10.3. The quantitative estimate of drug-likeness (QED) is 0.294. The lowest BCUT2D eigenvalue weighted by Crippen LogP contribution is -2.18. The lowest BCUT2D eigenvalue weighted by molar-refractivity contribution is -0.384. The zero-order valence-electron chi connectivity index (χ0n) is 15.4. The molecule has 5 N–H and O–H groups in total. The Morgan fingerprint density at radius 2 is 1.14 bits per heavy atom. The highest BCUT2D eigenvalue weighted by molar-refractivity contribution is 7.89. The molecule has 0 atom stereocenters. The minimum atomic E-state index is -3.51. The number of nitrogens with two attached hydrogens (primary N) is 1. The van der Waals surface area contributed by atoms with Crippen molar-refractivity contribution >= 4 is 31.4 Å². The molecule has 164 valence electrons. The Balaban J connectivity index is 0. The van der Waals surface area contributed by atoms with Gasteiger partial charge in [-0.05, 0) is 50.5 Å². The summed E-state index contributed by atoms with van der Waals surface area (Å²) in [5.74, 6) is 0. The number of nitrogens with zero attached hydrogens (tertiary/aromatic N) is 1. The summed E-state index contributed by atoms with van der Waals surface area (Å²) in [6, 6.07) is 10.7. The number of anilines is 1. The van der Waals surface area contributed by atoms with E-state index in [-0.39, 0.29) is 22.9 Å². The van der Waals surface area contributed by atoms with Crippen LogP contribution in [0.4, 0.5) is 11.4 Å². The predicted molar refractivity (Wildman–Crippen MR) is 111 cm³/mol. The van der Waals surface area contributed by atoms with Gasteiger partial charge in [-0.15, -0.1) is 0 Å². The standard InChI is InChI=1S/C7H8N2O4S.C7H10N2O2S.CH4O.CH4/c1-8-14(12,13)7-4-2-6(3-5-7)9(10)11;1-9-12(10,11)7-4-2-6(8)3-5-7;1-2;/h2-5,8H,1H3;2-5,9H,8H2,1H3;2H,1H3;1H4. The van der Waals surface area contributed by atoms with Crippen molar-refractivity contribution in [3.63, 3.8) is 0 Å². The number of sulfonamides is 2. The van der Waals surface area contributed by atoms with Crippen LogP contribution in [-0.2, 0) is 20.0 Å². The molecule has 0 amide bonds. The monoisotopic (exact) mass is 450 g/mol. The fourth-order valence-corrected chi connectivity index (χ4v) is 3.09. The number of benzene rings is 2. The van der Waals surface area contributed by atoms with Gasteiger partial charge in [0.15, 0.2) is 0 Å². The number of non-ortho nitro benzene ring substituents is 1. The third-order valence-electron chi connectivity index (χ3n) is 3.09. The van der Waals surface area contributed by atoms with Gasteiger partial charge < -0.3 is 10.8 Å². The molecule has 0 aliphatic rings. The number of hydrogen-bond donors (Lipinski definition) is 4. The van der Waals surface area contributed by atoms with Crippen molar-refractivity contribution in [1.82, 2.24) is 9.44 Å². The summed E-state index contributed by atoms with van der Waals surface area (Å²) < 4.78 is 49.0. The van der Waals surface area contributed by atoms with Crippen molar-refractivity contribution in [2.24, 2.45) is 0 Å². The summed E-state index contributed by atoms with van der Waals surface area (Å²) in [7, 11) is -3.19. The van der Waals surface area contributed by atoms with E-state index in [1.54, 1.807) is 12.1 Å². The van der Waals surface area contributed by atoms with E-state index in [1.165, 1.54) is 38.4 Å². The molecule has 0 unspecified atom stereocenters. The lowest BCUT2D eigenvalue weighted by Gasteiger charge is -2.01. The first-order chi connectivity index (χ1) is 13.0. The SMILES string of the molecule is C.CNS(=O)(=O)c1ccc(N)cc1.CNS(=O)(=O)c1ccc([N+](=O)[O-])cc1.CO. The van der Waals surface area contributed by atoms with Gasteiger partial charge in [0.05, 0.1) is 14.7 Å². The van der Waals surface area contributed by atoms with Gasteiger partial charge in [0.25, 0.3) is 5.69 Å². The molecule has 2 aromatic carbocycles. The van der Waals surface area contributed by atoms with Gasteiger partial charge in [-0.25, -0.2) is 26.3 Å². The Kier molecular flexibility index (Phi) is 12.6. The molecule has 0 heterocycles. The molecule has 0 aliphatic heterocycles. The van der Waals surface area contributed by atoms with Crippen LogP contribution in [0.1, 0.15) is 7.43 Å². The first-order valence-electron chi connectivity index (χ1n) is 7.45. The highest BCUT2D eigenvalue weighted by Gasteiger charge is 2.13. The average Bonchev–Trinajstić information content (AvgIpc) is 2.70. The van der Waals surface area contributed by atoms with Crippen LogP contribution >= 0.6 is 0 Å². The van der Waals surface area contributed by atoms with E-state index >= 15 is 0 Å². The maximum atomic E-state index is 11.2. The molecule has 29 heavy (non-hydrogen) atoms. The second kappa shape index (κ2) is 12.8. The topological polar surface area (TPSA) is 182 Å². The zero-order chi connectivity index (χ0) is 22.0. The molecule has 0 saturated heterocycles. The number of nitro benzene ring substituents is 1. The minimum absolute atomic E-state index is 0. The van der Waals surface area contributed by atoms with E-state index < -0.39 is 25.0 Å². The average molecular weight is 451 g/mol. The van der Waals surface area contributed by atoms with E-state index in [4.69, 9.17) is 10.8 Å². The molecule has 0 aliphatic carbocycles. The molecule has 11 nitrogen and oxygen atoms in total. The van der Waals surface area contributed by atoms with Crippen molar-refractivity contribution in [2.45, 2.75) is 17.2 Å². The molecular formula is C16H26N4O7S2. The van der Waals surface area contributed by atoms with Gasteiger partial charge in [-0.3, -0.25) is 10.1 Å². The summed E-state index contributed by atoms with van der Waals surface area (Å²) in [5, 5.41) is 17.3. The van der Waals surface area contributed by atoms with Gasteiger partial charge in [0, 0.05) is 24.9 Å². The van der Waals surface area contributed by atoms with Gasteiger partial charge in [0.1, 0.15) is 0 Å². The largest absolute Gasteiger partial charge is 0.400 e. The lowest BCUT2D eigenvalue weighted by atomic mass is 10.3. The molecule has 0 fully saturated rings. The number of nitro groups is 1. The molecule has 0 spiro atoms. The van der Waals surface area contributed by atoms with Crippen LogP contribution in [0, 0.1) is 10.1 Å². The molecule has 2 rings (SSSR count). The van der Waals surface area contributed by atoms with E-state index in [0.717, 1.165) is 19.2 Å². The molecule has 0 bridgehead atoms. The van der Waals surface area contributed by atoms with Crippen LogP contribution in [-0.4, -0.2) is 48.1 Å². The van der Waals surface area contributed by atoms with Crippen molar-refractivity contribution in [1.29, 1.82) is 0 Å². The third kappa shape index (κ3) is 8.97. The number of aliphatic hydroxyl groups is 1. The van der Waals surface area contributed by atoms with Crippen LogP contribution in [0.5, 0.6) is 0 Å². The first kappa shape index (κ1) is 28.6. The van der Waals surface area contributed by atoms with Crippen LogP contribution in [0.2, 0.25) is 0 Å². The zero-order valence-corrected chi connectivity index (χ0v) is 17.0. The molecular weight excluding hydrogens is 424 g/mol. The van der Waals surface area contributed by atoms with Gasteiger partial charge in [-0.1, -0.05) is 7.43 Å². The number of nitrogen functional groups attached to an aromatic ring is 1. The smallest absolute Gasteiger partial charge is 0.269 e. The van der Waals surface area contributed by atoms with Crippen LogP contribution in [0.15, 0.2) is 58.3 Å². The number of nitrogens with one attached hydrogen (secondary N) is 2. The second-order valence-corrected chi connectivity index (χ2v) is 8.51. The third-order valence-corrected chi connectivity index (χ3v) is 5.95. The molecule has 13 heteroatoms. The fourth-order valence-electron chi connectivity index (χ4n) is 1.63. The highest BCUT2D eigenvalue weighted by Crippen LogP contribution is 2.15. The minimum Gasteiger partial charge on any atom is -0.400 e. The van der Waals surface area contributed by atoms with Crippen molar-refractivity contribution in [3.8, 4) is 0 Å². The van der Waals surface area contributed by atoms with E-state index in [0.29, 0.717) is 5.69 Å². The molecule has 0 radical (unpaired) electrons. The summed E-state index contributed by atoms with van der Waals surface area (Å²) in [6.07, 6.45) is 0. The van der Waals surface area contributed by atoms with E-state index in [2.05, 4.69) is 9.44 Å².